The third-order valence-electron chi connectivity index (χ3n) is 2.26. The first-order valence-corrected chi connectivity index (χ1v) is 4.39. The average Bonchev–Trinajstić information content (AvgIpc) is 2.85. The molecule has 64 valence electrons. The van der Waals surface area contributed by atoms with Gasteiger partial charge in [-0.2, -0.15) is 0 Å². The van der Waals surface area contributed by atoms with Crippen molar-refractivity contribution in [3.05, 3.63) is 17.2 Å². The molecule has 12 heavy (non-hydrogen) atoms. The molecule has 0 aliphatic heterocycles. The van der Waals surface area contributed by atoms with E-state index in [4.69, 9.17) is 0 Å². The van der Waals surface area contributed by atoms with Gasteiger partial charge in [-0.15, -0.1) is 0 Å². The predicted octanol–water partition coefficient (Wildman–Crippen LogP) is 1.66. The van der Waals surface area contributed by atoms with Crippen LogP contribution in [-0.4, -0.2) is 16.3 Å². The summed E-state index contributed by atoms with van der Waals surface area (Å²) in [6, 6.07) is 0. The molecule has 1 aliphatic rings. The van der Waals surface area contributed by atoms with Crippen molar-refractivity contribution in [2.45, 2.75) is 32.1 Å². The molecule has 0 unspecified atom stereocenters. The van der Waals surface area contributed by atoms with Crippen molar-refractivity contribution in [3.8, 4) is 0 Å². The molecule has 0 spiro atoms. The molecular formula is C9H12N2O. The van der Waals surface area contributed by atoms with Crippen molar-refractivity contribution in [1.82, 2.24) is 9.97 Å². The minimum atomic E-state index is 0.480. The Labute approximate surface area is 71.2 Å². The Bertz CT molecular complexity index is 299. The lowest BCUT2D eigenvalue weighted by molar-refractivity contribution is 0.111. The van der Waals surface area contributed by atoms with E-state index in [1.165, 1.54) is 12.8 Å². The van der Waals surface area contributed by atoms with Gasteiger partial charge in [-0.1, -0.05) is 6.92 Å². The van der Waals surface area contributed by atoms with Crippen LogP contribution in [0.1, 0.15) is 47.7 Å². The van der Waals surface area contributed by atoms with Gasteiger partial charge in [0.2, 0.25) is 0 Å². The Hall–Kier alpha value is -1.12. The van der Waals surface area contributed by atoms with E-state index in [0.717, 1.165) is 24.1 Å². The molecule has 1 aliphatic carbocycles. The fourth-order valence-corrected chi connectivity index (χ4v) is 1.46. The van der Waals surface area contributed by atoms with Gasteiger partial charge in [-0.3, -0.25) is 4.79 Å². The minimum absolute atomic E-state index is 0.480. The van der Waals surface area contributed by atoms with Crippen molar-refractivity contribution in [3.63, 3.8) is 0 Å². The standard InChI is InChI=1S/C9H12N2O/c1-2-7-9(6-3-4-6)11-8(5-12)10-7/h5-6H,2-4H2,1H3,(H,10,11). The van der Waals surface area contributed by atoms with Crippen molar-refractivity contribution in [2.75, 3.05) is 0 Å². The minimum Gasteiger partial charge on any atom is -0.339 e. The number of aryl methyl sites for hydroxylation is 1. The number of hydrogen-bond donors (Lipinski definition) is 1. The van der Waals surface area contributed by atoms with E-state index in [9.17, 15) is 4.79 Å². The maximum atomic E-state index is 10.4. The first kappa shape index (κ1) is 7.53. The monoisotopic (exact) mass is 164 g/mol. The highest BCUT2D eigenvalue weighted by Gasteiger charge is 2.28. The lowest BCUT2D eigenvalue weighted by Gasteiger charge is -1.93. The van der Waals surface area contributed by atoms with Gasteiger partial charge >= 0.3 is 0 Å². The van der Waals surface area contributed by atoms with Gasteiger partial charge in [0.05, 0.1) is 5.69 Å². The number of aromatic nitrogens is 2. The Kier molecular flexibility index (Phi) is 1.71. The van der Waals surface area contributed by atoms with E-state index < -0.39 is 0 Å². The molecule has 1 aromatic rings. The molecule has 1 fully saturated rings. The highest BCUT2D eigenvalue weighted by molar-refractivity contribution is 5.69. The molecule has 0 atom stereocenters. The summed E-state index contributed by atoms with van der Waals surface area (Å²) in [5.74, 6) is 1.11. The Balaban J connectivity index is 2.35. The van der Waals surface area contributed by atoms with Crippen LogP contribution in [0.15, 0.2) is 0 Å². The molecule has 1 N–H and O–H groups in total. The number of nitrogens with zero attached hydrogens (tertiary/aromatic N) is 1. The van der Waals surface area contributed by atoms with Crippen LogP contribution in [0, 0.1) is 0 Å². The summed E-state index contributed by atoms with van der Waals surface area (Å²) < 4.78 is 0. The van der Waals surface area contributed by atoms with Crippen LogP contribution >= 0.6 is 0 Å². The summed E-state index contributed by atoms with van der Waals surface area (Å²) >= 11 is 0. The number of carbonyl (C=O) groups is 1. The molecule has 3 heteroatoms. The van der Waals surface area contributed by atoms with Gasteiger partial charge in [0.1, 0.15) is 0 Å². The molecule has 1 aromatic heterocycles. The number of aromatic amines is 1. The van der Waals surface area contributed by atoms with Crippen molar-refractivity contribution >= 4 is 6.29 Å². The van der Waals surface area contributed by atoms with Crippen molar-refractivity contribution < 1.29 is 4.79 Å². The lowest BCUT2D eigenvalue weighted by atomic mass is 10.2. The summed E-state index contributed by atoms with van der Waals surface area (Å²) in [5.41, 5.74) is 2.26. The van der Waals surface area contributed by atoms with E-state index in [0.29, 0.717) is 11.7 Å². The highest BCUT2D eigenvalue weighted by Crippen LogP contribution is 2.40. The van der Waals surface area contributed by atoms with E-state index in [2.05, 4.69) is 16.9 Å². The number of aldehydes is 1. The molecule has 1 heterocycles. The first-order valence-electron chi connectivity index (χ1n) is 4.39. The van der Waals surface area contributed by atoms with Gasteiger partial charge in [0.15, 0.2) is 12.1 Å². The number of nitrogens with one attached hydrogen (secondary N) is 1. The molecule has 0 bridgehead atoms. The summed E-state index contributed by atoms with van der Waals surface area (Å²) in [4.78, 5) is 17.7. The fraction of sp³-hybridized carbons (Fsp3) is 0.556. The Morgan fingerprint density at radius 3 is 2.92 bits per heavy atom. The SMILES string of the molecule is CCc1[nH]c(C=O)nc1C1CC1. The topological polar surface area (TPSA) is 45.8 Å². The van der Waals surface area contributed by atoms with Gasteiger partial charge in [-0.05, 0) is 19.3 Å². The average molecular weight is 164 g/mol. The van der Waals surface area contributed by atoms with Crippen molar-refractivity contribution in [2.24, 2.45) is 0 Å². The van der Waals surface area contributed by atoms with E-state index in [1.54, 1.807) is 0 Å². The second kappa shape index (κ2) is 2.73. The zero-order chi connectivity index (χ0) is 8.55. The second-order valence-corrected chi connectivity index (χ2v) is 3.23. The van der Waals surface area contributed by atoms with Gasteiger partial charge in [0, 0.05) is 11.6 Å². The van der Waals surface area contributed by atoms with E-state index >= 15 is 0 Å². The summed E-state index contributed by atoms with van der Waals surface area (Å²) in [5, 5.41) is 0. The number of H-pyrrole nitrogens is 1. The van der Waals surface area contributed by atoms with Crippen LogP contribution in [0.2, 0.25) is 0 Å². The summed E-state index contributed by atoms with van der Waals surface area (Å²) in [6.45, 7) is 2.08. The maximum absolute atomic E-state index is 10.4. The van der Waals surface area contributed by atoms with Crippen LogP contribution < -0.4 is 0 Å². The van der Waals surface area contributed by atoms with Gasteiger partial charge < -0.3 is 4.98 Å². The molecule has 0 aromatic carbocycles. The van der Waals surface area contributed by atoms with E-state index in [-0.39, 0.29) is 0 Å². The van der Waals surface area contributed by atoms with Crippen LogP contribution in [0.5, 0.6) is 0 Å². The predicted molar refractivity (Wildman–Crippen MR) is 45.3 cm³/mol. The Morgan fingerprint density at radius 1 is 1.67 bits per heavy atom. The smallest absolute Gasteiger partial charge is 0.185 e. The first-order chi connectivity index (χ1) is 5.85. The number of carbonyl (C=O) groups excluding carboxylic acids is 1. The molecule has 0 saturated heterocycles. The number of imidazole rings is 1. The Morgan fingerprint density at radius 2 is 2.42 bits per heavy atom. The highest BCUT2D eigenvalue weighted by atomic mass is 16.1. The zero-order valence-corrected chi connectivity index (χ0v) is 7.13. The number of rotatable bonds is 3. The quantitative estimate of drug-likeness (QED) is 0.690. The van der Waals surface area contributed by atoms with Crippen LogP contribution in [0.25, 0.3) is 0 Å². The third-order valence-corrected chi connectivity index (χ3v) is 2.26. The molecule has 1 saturated carbocycles. The van der Waals surface area contributed by atoms with E-state index in [1.807, 2.05) is 0 Å². The molecule has 2 rings (SSSR count). The molecular weight excluding hydrogens is 152 g/mol. The normalized spacial score (nSPS) is 16.4. The maximum Gasteiger partial charge on any atom is 0.185 e. The zero-order valence-electron chi connectivity index (χ0n) is 7.13. The fourth-order valence-electron chi connectivity index (χ4n) is 1.46. The molecule has 3 nitrogen and oxygen atoms in total. The second-order valence-electron chi connectivity index (χ2n) is 3.23. The number of hydrogen-bond acceptors (Lipinski definition) is 2. The van der Waals surface area contributed by atoms with Crippen molar-refractivity contribution in [1.29, 1.82) is 0 Å². The largest absolute Gasteiger partial charge is 0.339 e. The molecule has 0 radical (unpaired) electrons. The van der Waals surface area contributed by atoms with Crippen LogP contribution in [0.4, 0.5) is 0 Å². The summed E-state index contributed by atoms with van der Waals surface area (Å²) in [7, 11) is 0. The lowest BCUT2D eigenvalue weighted by Crippen LogP contribution is -1.87. The summed E-state index contributed by atoms with van der Waals surface area (Å²) in [6.07, 6.45) is 4.18. The van der Waals surface area contributed by atoms with Gasteiger partial charge in [-0.25, -0.2) is 4.98 Å². The molecule has 0 amide bonds. The van der Waals surface area contributed by atoms with Crippen LogP contribution in [-0.2, 0) is 6.42 Å². The third kappa shape index (κ3) is 1.15. The van der Waals surface area contributed by atoms with Crippen LogP contribution in [0.3, 0.4) is 0 Å². The van der Waals surface area contributed by atoms with Gasteiger partial charge in [0.25, 0.3) is 0 Å².